The molecule has 5 nitrogen and oxygen atoms in total. The maximum atomic E-state index is 12.3. The lowest BCUT2D eigenvalue weighted by Crippen LogP contribution is -2.31. The van der Waals surface area contributed by atoms with Gasteiger partial charge in [-0.25, -0.2) is 0 Å². The summed E-state index contributed by atoms with van der Waals surface area (Å²) in [6.45, 7) is 9.55. The van der Waals surface area contributed by atoms with Gasteiger partial charge < -0.3 is 9.84 Å². The lowest BCUT2D eigenvalue weighted by Gasteiger charge is -2.14. The van der Waals surface area contributed by atoms with E-state index in [1.54, 1.807) is 0 Å². The monoisotopic (exact) mass is 327 g/mol. The van der Waals surface area contributed by atoms with Gasteiger partial charge in [0.05, 0.1) is 12.2 Å². The summed E-state index contributed by atoms with van der Waals surface area (Å²) in [6.07, 6.45) is 1.10. The lowest BCUT2D eigenvalue weighted by atomic mass is 10.1. The Balaban J connectivity index is 1.47. The Morgan fingerprint density at radius 3 is 2.83 bits per heavy atom. The summed E-state index contributed by atoms with van der Waals surface area (Å²) in [5, 5.41) is 7.00. The van der Waals surface area contributed by atoms with E-state index in [1.807, 2.05) is 38.1 Å². The van der Waals surface area contributed by atoms with Crippen molar-refractivity contribution in [2.75, 3.05) is 19.6 Å². The van der Waals surface area contributed by atoms with Gasteiger partial charge in [0.1, 0.15) is 0 Å². The fraction of sp³-hybridized carbons (Fsp3) is 0.474. The van der Waals surface area contributed by atoms with Crippen LogP contribution in [-0.4, -0.2) is 35.6 Å². The second-order valence-corrected chi connectivity index (χ2v) is 6.83. The summed E-state index contributed by atoms with van der Waals surface area (Å²) >= 11 is 0. The average molecular weight is 327 g/mol. The Morgan fingerprint density at radius 2 is 2.12 bits per heavy atom. The molecule has 0 saturated carbocycles. The van der Waals surface area contributed by atoms with Crippen LogP contribution in [0.15, 0.2) is 28.8 Å². The Labute approximate surface area is 143 Å². The molecule has 5 heteroatoms. The summed E-state index contributed by atoms with van der Waals surface area (Å²) in [4.78, 5) is 14.6. The molecule has 1 atom stereocenters. The van der Waals surface area contributed by atoms with Crippen LogP contribution < -0.4 is 5.32 Å². The zero-order chi connectivity index (χ0) is 17.1. The van der Waals surface area contributed by atoms with Crippen molar-refractivity contribution < 1.29 is 9.32 Å². The van der Waals surface area contributed by atoms with Gasteiger partial charge in [-0.3, -0.25) is 9.69 Å². The summed E-state index contributed by atoms with van der Waals surface area (Å²) in [7, 11) is 0. The van der Waals surface area contributed by atoms with Crippen LogP contribution in [-0.2, 0) is 6.54 Å². The van der Waals surface area contributed by atoms with E-state index in [-0.39, 0.29) is 5.91 Å². The molecular formula is C19H25N3O2. The molecule has 1 unspecified atom stereocenters. The highest BCUT2D eigenvalue weighted by molar-refractivity contribution is 5.94. The van der Waals surface area contributed by atoms with Crippen LogP contribution in [0.1, 0.15) is 39.4 Å². The highest BCUT2D eigenvalue weighted by Crippen LogP contribution is 2.18. The van der Waals surface area contributed by atoms with Crippen LogP contribution in [0, 0.1) is 26.7 Å². The first-order chi connectivity index (χ1) is 11.5. The van der Waals surface area contributed by atoms with E-state index in [0.717, 1.165) is 55.2 Å². The van der Waals surface area contributed by atoms with Crippen LogP contribution >= 0.6 is 0 Å². The van der Waals surface area contributed by atoms with E-state index >= 15 is 0 Å². The van der Waals surface area contributed by atoms with Crippen molar-refractivity contribution in [2.45, 2.75) is 33.7 Å². The number of carbonyl (C=O) groups is 1. The normalized spacial score (nSPS) is 18.0. The van der Waals surface area contributed by atoms with E-state index in [0.29, 0.717) is 5.92 Å². The maximum absolute atomic E-state index is 12.3. The van der Waals surface area contributed by atoms with Crippen LogP contribution in [0.25, 0.3) is 0 Å². The zero-order valence-corrected chi connectivity index (χ0v) is 14.6. The largest absolute Gasteiger partial charge is 0.360 e. The number of rotatable bonds is 5. The Kier molecular flexibility index (Phi) is 5.00. The summed E-state index contributed by atoms with van der Waals surface area (Å²) in [5.74, 6) is 1.42. The minimum atomic E-state index is 0.0161. The summed E-state index contributed by atoms with van der Waals surface area (Å²) in [6, 6.07) is 7.83. The molecule has 1 aliphatic heterocycles. The van der Waals surface area contributed by atoms with Gasteiger partial charge in [-0.05, 0) is 62.9 Å². The average Bonchev–Trinajstić information content (AvgIpc) is 3.17. The number of nitrogens with zero attached hydrogens (tertiary/aromatic N) is 2. The molecule has 128 valence electrons. The SMILES string of the molecule is Cc1cc(CN2CCC(CNC(=O)c3ccc(C)c(C)c3)C2)on1. The molecule has 0 aliphatic carbocycles. The lowest BCUT2D eigenvalue weighted by molar-refractivity contribution is 0.0947. The molecule has 0 radical (unpaired) electrons. The third kappa shape index (κ3) is 4.03. The smallest absolute Gasteiger partial charge is 0.251 e. The fourth-order valence-electron chi connectivity index (χ4n) is 3.16. The molecule has 2 aromatic rings. The van der Waals surface area contributed by atoms with Crippen LogP contribution in [0.2, 0.25) is 0 Å². The van der Waals surface area contributed by atoms with E-state index in [1.165, 1.54) is 5.56 Å². The highest BCUT2D eigenvalue weighted by atomic mass is 16.5. The Morgan fingerprint density at radius 1 is 1.29 bits per heavy atom. The van der Waals surface area contributed by atoms with Crippen molar-refractivity contribution in [2.24, 2.45) is 5.92 Å². The second kappa shape index (κ2) is 7.18. The molecule has 2 heterocycles. The predicted octanol–water partition coefficient (Wildman–Crippen LogP) is 2.85. The van der Waals surface area contributed by atoms with Gasteiger partial charge in [0.2, 0.25) is 0 Å². The van der Waals surface area contributed by atoms with Gasteiger partial charge in [-0.15, -0.1) is 0 Å². The number of hydrogen-bond donors (Lipinski definition) is 1. The number of aryl methyl sites for hydroxylation is 3. The highest BCUT2D eigenvalue weighted by Gasteiger charge is 2.24. The van der Waals surface area contributed by atoms with Crippen LogP contribution in [0.5, 0.6) is 0 Å². The zero-order valence-electron chi connectivity index (χ0n) is 14.6. The van der Waals surface area contributed by atoms with Crippen molar-refractivity contribution in [3.63, 3.8) is 0 Å². The van der Waals surface area contributed by atoms with E-state index in [9.17, 15) is 4.79 Å². The number of nitrogens with one attached hydrogen (secondary N) is 1. The first-order valence-electron chi connectivity index (χ1n) is 8.51. The number of carbonyl (C=O) groups excluding carboxylic acids is 1. The van der Waals surface area contributed by atoms with E-state index < -0.39 is 0 Å². The number of amides is 1. The van der Waals surface area contributed by atoms with Gasteiger partial charge in [-0.2, -0.15) is 0 Å². The van der Waals surface area contributed by atoms with E-state index in [2.05, 4.69) is 22.3 Å². The van der Waals surface area contributed by atoms with E-state index in [4.69, 9.17) is 4.52 Å². The third-order valence-corrected chi connectivity index (χ3v) is 4.75. The maximum Gasteiger partial charge on any atom is 0.251 e. The van der Waals surface area contributed by atoms with Crippen molar-refractivity contribution in [3.05, 3.63) is 52.4 Å². The number of benzene rings is 1. The van der Waals surface area contributed by atoms with Crippen molar-refractivity contribution in [1.29, 1.82) is 0 Å². The summed E-state index contributed by atoms with van der Waals surface area (Å²) in [5.41, 5.74) is 4.02. The molecule has 1 N–H and O–H groups in total. The van der Waals surface area contributed by atoms with Gasteiger partial charge in [0.25, 0.3) is 5.91 Å². The number of hydrogen-bond acceptors (Lipinski definition) is 4. The van der Waals surface area contributed by atoms with Crippen molar-refractivity contribution >= 4 is 5.91 Å². The van der Waals surface area contributed by atoms with Gasteiger partial charge >= 0.3 is 0 Å². The molecule has 1 aromatic heterocycles. The quantitative estimate of drug-likeness (QED) is 0.917. The molecule has 1 aromatic carbocycles. The van der Waals surface area contributed by atoms with Crippen LogP contribution in [0.4, 0.5) is 0 Å². The van der Waals surface area contributed by atoms with Gasteiger partial charge in [-0.1, -0.05) is 11.2 Å². The standard InChI is InChI=1S/C19H25N3O2/c1-13-4-5-17(8-14(13)2)19(23)20-10-16-6-7-22(11-16)12-18-9-15(3)21-24-18/h4-5,8-9,16H,6-7,10-12H2,1-3H3,(H,20,23). The molecule has 1 amide bonds. The minimum Gasteiger partial charge on any atom is -0.360 e. The minimum absolute atomic E-state index is 0.0161. The first kappa shape index (κ1) is 16.7. The predicted molar refractivity (Wildman–Crippen MR) is 92.9 cm³/mol. The molecular weight excluding hydrogens is 302 g/mol. The number of aromatic nitrogens is 1. The van der Waals surface area contributed by atoms with Crippen molar-refractivity contribution in [3.8, 4) is 0 Å². The van der Waals surface area contributed by atoms with Crippen molar-refractivity contribution in [1.82, 2.24) is 15.4 Å². The fourth-order valence-corrected chi connectivity index (χ4v) is 3.16. The molecule has 24 heavy (non-hydrogen) atoms. The Hall–Kier alpha value is -2.14. The molecule has 0 spiro atoms. The first-order valence-corrected chi connectivity index (χ1v) is 8.51. The van der Waals surface area contributed by atoms with Gasteiger partial charge in [0, 0.05) is 24.7 Å². The topological polar surface area (TPSA) is 58.4 Å². The third-order valence-electron chi connectivity index (χ3n) is 4.75. The number of likely N-dealkylation sites (tertiary alicyclic amines) is 1. The van der Waals surface area contributed by atoms with Gasteiger partial charge in [0.15, 0.2) is 5.76 Å². The van der Waals surface area contributed by atoms with Crippen LogP contribution in [0.3, 0.4) is 0 Å². The molecule has 3 rings (SSSR count). The molecule has 1 aliphatic rings. The summed E-state index contributed by atoms with van der Waals surface area (Å²) < 4.78 is 5.28. The molecule has 1 fully saturated rings. The second-order valence-electron chi connectivity index (χ2n) is 6.83. The molecule has 0 bridgehead atoms. The molecule has 1 saturated heterocycles. The Bertz CT molecular complexity index is 723.